The van der Waals surface area contributed by atoms with Crippen molar-refractivity contribution in [2.24, 2.45) is 0 Å². The maximum Gasteiger partial charge on any atom is 0.328 e. The van der Waals surface area contributed by atoms with Crippen molar-refractivity contribution < 1.29 is 14.3 Å². The maximum atomic E-state index is 12.1. The summed E-state index contributed by atoms with van der Waals surface area (Å²) >= 11 is 10.6. The number of ether oxygens (including phenoxy) is 1. The van der Waals surface area contributed by atoms with Gasteiger partial charge in [-0.25, -0.2) is 4.79 Å². The van der Waals surface area contributed by atoms with Gasteiger partial charge in [-0.15, -0.1) is 11.6 Å². The van der Waals surface area contributed by atoms with Crippen molar-refractivity contribution in [2.75, 3.05) is 31.0 Å². The van der Waals surface area contributed by atoms with Gasteiger partial charge < -0.3 is 15.0 Å². The number of carbonyl (C=O) groups excluding carboxylic acids is 2. The molecule has 112 valence electrons. The van der Waals surface area contributed by atoms with Crippen molar-refractivity contribution in [3.63, 3.8) is 0 Å². The molecule has 0 spiro atoms. The summed E-state index contributed by atoms with van der Waals surface area (Å²) in [5, 5.41) is 3.08. The van der Waals surface area contributed by atoms with E-state index < -0.39 is 5.97 Å². The second-order valence-corrected chi connectivity index (χ2v) is 4.91. The minimum atomic E-state index is -0.522. The molecule has 1 aromatic carbocycles. The highest BCUT2D eigenvalue weighted by Gasteiger charge is 2.30. The predicted molar refractivity (Wildman–Crippen MR) is 83.1 cm³/mol. The van der Waals surface area contributed by atoms with Gasteiger partial charge in [-0.05, 0) is 24.4 Å². The Labute approximate surface area is 132 Å². The average molecular weight is 328 g/mol. The van der Waals surface area contributed by atoms with Gasteiger partial charge in [0.1, 0.15) is 5.88 Å². The second-order valence-electron chi connectivity index (χ2n) is 4.27. The third kappa shape index (κ3) is 4.05. The third-order valence-corrected chi connectivity index (χ3v) is 3.55. The number of esters is 1. The summed E-state index contributed by atoms with van der Waals surface area (Å²) in [6.07, 6.45) is 0. The number of alkyl halides is 1. The zero-order valence-electron chi connectivity index (χ0n) is 11.1. The van der Waals surface area contributed by atoms with Gasteiger partial charge in [0.15, 0.2) is 11.8 Å². The lowest BCUT2D eigenvalue weighted by Gasteiger charge is -2.20. The maximum absolute atomic E-state index is 12.1. The first kappa shape index (κ1) is 15.5. The molecule has 0 unspecified atom stereocenters. The molecule has 6 nitrogen and oxygen atoms in total. The minimum Gasteiger partial charge on any atom is -0.443 e. The molecule has 0 bridgehead atoms. The SMILES string of the molecule is O=C(CCl)OCN1CCN(C(=O)Nc2ccccc2)C1=S. The predicted octanol–water partition coefficient (Wildman–Crippen LogP) is 1.86. The van der Waals surface area contributed by atoms with Crippen molar-refractivity contribution in [2.45, 2.75) is 0 Å². The average Bonchev–Trinajstić information content (AvgIpc) is 2.87. The van der Waals surface area contributed by atoms with Crippen molar-refractivity contribution in [1.82, 2.24) is 9.80 Å². The van der Waals surface area contributed by atoms with Crippen LogP contribution in [0, 0.1) is 0 Å². The number of hydrogen-bond donors (Lipinski definition) is 1. The topological polar surface area (TPSA) is 61.9 Å². The molecule has 1 aliphatic heterocycles. The number of urea groups is 1. The van der Waals surface area contributed by atoms with Gasteiger partial charge in [-0.1, -0.05) is 18.2 Å². The summed E-state index contributed by atoms with van der Waals surface area (Å²) in [6.45, 7) is 0.950. The van der Waals surface area contributed by atoms with E-state index in [9.17, 15) is 9.59 Å². The number of anilines is 1. The fraction of sp³-hybridized carbons (Fsp3) is 0.308. The summed E-state index contributed by atoms with van der Waals surface area (Å²) in [5.41, 5.74) is 0.692. The molecule has 1 aliphatic rings. The van der Waals surface area contributed by atoms with Crippen LogP contribution in [0.15, 0.2) is 30.3 Å². The van der Waals surface area contributed by atoms with Crippen molar-refractivity contribution >= 4 is 46.6 Å². The fourth-order valence-corrected chi connectivity index (χ4v) is 2.19. The molecule has 1 saturated heterocycles. The molecule has 21 heavy (non-hydrogen) atoms. The van der Waals surface area contributed by atoms with Crippen LogP contribution in [0.1, 0.15) is 0 Å². The minimum absolute atomic E-state index is 0.000492. The Morgan fingerprint density at radius 2 is 2.00 bits per heavy atom. The molecule has 2 rings (SSSR count). The molecule has 2 amide bonds. The van der Waals surface area contributed by atoms with Gasteiger partial charge in [0, 0.05) is 18.8 Å². The Hall–Kier alpha value is -1.86. The quantitative estimate of drug-likeness (QED) is 0.519. The summed E-state index contributed by atoms with van der Waals surface area (Å²) in [7, 11) is 0. The molecule has 1 aromatic rings. The normalized spacial score (nSPS) is 14.2. The lowest BCUT2D eigenvalue weighted by atomic mass is 10.3. The van der Waals surface area contributed by atoms with E-state index in [0.29, 0.717) is 23.9 Å². The Kier molecular flexibility index (Phi) is 5.35. The molecule has 0 saturated carbocycles. The number of benzene rings is 1. The first-order chi connectivity index (χ1) is 10.1. The Bertz CT molecular complexity index is 541. The van der Waals surface area contributed by atoms with Crippen LogP contribution in [0.3, 0.4) is 0 Å². The lowest BCUT2D eigenvalue weighted by Crippen LogP contribution is -2.39. The first-order valence-corrected chi connectivity index (χ1v) is 7.20. The van der Waals surface area contributed by atoms with Gasteiger partial charge >= 0.3 is 12.0 Å². The van der Waals surface area contributed by atoms with Gasteiger partial charge in [-0.3, -0.25) is 9.69 Å². The number of thiocarbonyl (C=S) groups is 1. The number of nitrogens with one attached hydrogen (secondary N) is 1. The molecule has 1 heterocycles. The van der Waals surface area contributed by atoms with Crippen LogP contribution in [-0.4, -0.2) is 52.6 Å². The number of hydrogen-bond acceptors (Lipinski definition) is 4. The first-order valence-electron chi connectivity index (χ1n) is 6.26. The summed E-state index contributed by atoms with van der Waals surface area (Å²) < 4.78 is 4.90. The van der Waals surface area contributed by atoms with Gasteiger partial charge in [0.2, 0.25) is 0 Å². The van der Waals surface area contributed by atoms with E-state index in [2.05, 4.69) is 5.32 Å². The molecule has 1 fully saturated rings. The number of carbonyl (C=O) groups is 2. The van der Waals surface area contributed by atoms with E-state index in [1.807, 2.05) is 18.2 Å². The van der Waals surface area contributed by atoms with E-state index in [1.165, 1.54) is 4.90 Å². The van der Waals surface area contributed by atoms with E-state index in [0.717, 1.165) is 0 Å². The van der Waals surface area contributed by atoms with E-state index in [4.69, 9.17) is 28.6 Å². The zero-order chi connectivity index (χ0) is 15.2. The van der Waals surface area contributed by atoms with Crippen LogP contribution in [0.25, 0.3) is 0 Å². The van der Waals surface area contributed by atoms with Crippen molar-refractivity contribution in [3.8, 4) is 0 Å². The molecular formula is C13H14ClN3O3S. The zero-order valence-corrected chi connectivity index (χ0v) is 12.7. The number of rotatable bonds is 4. The molecule has 1 N–H and O–H groups in total. The summed E-state index contributed by atoms with van der Waals surface area (Å²) in [4.78, 5) is 26.2. The Morgan fingerprint density at radius 3 is 2.67 bits per heavy atom. The Morgan fingerprint density at radius 1 is 1.29 bits per heavy atom. The molecule has 0 aromatic heterocycles. The second kappa shape index (κ2) is 7.24. The fourth-order valence-electron chi connectivity index (χ4n) is 1.79. The molecule has 0 atom stereocenters. The molecule has 0 aliphatic carbocycles. The number of amides is 2. The van der Waals surface area contributed by atoms with Crippen LogP contribution in [0.5, 0.6) is 0 Å². The summed E-state index contributed by atoms with van der Waals surface area (Å²) in [6, 6.07) is 8.79. The summed E-state index contributed by atoms with van der Waals surface area (Å²) in [5.74, 6) is -0.731. The standard InChI is InChI=1S/C13H14ClN3O3S/c14-8-11(18)20-9-16-6-7-17(13(16)21)12(19)15-10-4-2-1-3-5-10/h1-5H,6-9H2,(H,15,19). The smallest absolute Gasteiger partial charge is 0.328 e. The van der Waals surface area contributed by atoms with E-state index in [-0.39, 0.29) is 18.6 Å². The highest BCUT2D eigenvalue weighted by molar-refractivity contribution is 7.80. The van der Waals surface area contributed by atoms with Gasteiger partial charge in [0.05, 0.1) is 0 Å². The highest BCUT2D eigenvalue weighted by atomic mass is 35.5. The van der Waals surface area contributed by atoms with Crippen LogP contribution >= 0.6 is 23.8 Å². The van der Waals surface area contributed by atoms with Crippen molar-refractivity contribution in [1.29, 1.82) is 0 Å². The number of para-hydroxylation sites is 1. The molecular weight excluding hydrogens is 314 g/mol. The number of halogens is 1. The monoisotopic (exact) mass is 327 g/mol. The lowest BCUT2D eigenvalue weighted by molar-refractivity contribution is -0.143. The highest BCUT2D eigenvalue weighted by Crippen LogP contribution is 2.13. The Balaban J connectivity index is 1.89. The molecule has 8 heteroatoms. The van der Waals surface area contributed by atoms with Crippen LogP contribution in [0.4, 0.5) is 10.5 Å². The molecule has 0 radical (unpaired) electrons. The largest absolute Gasteiger partial charge is 0.443 e. The van der Waals surface area contributed by atoms with Gasteiger partial charge in [0.25, 0.3) is 0 Å². The van der Waals surface area contributed by atoms with Gasteiger partial charge in [-0.2, -0.15) is 0 Å². The van der Waals surface area contributed by atoms with E-state index in [1.54, 1.807) is 17.0 Å². The van der Waals surface area contributed by atoms with E-state index >= 15 is 0 Å². The van der Waals surface area contributed by atoms with Crippen LogP contribution in [-0.2, 0) is 9.53 Å². The van der Waals surface area contributed by atoms with Crippen molar-refractivity contribution in [3.05, 3.63) is 30.3 Å². The number of nitrogens with zero attached hydrogens (tertiary/aromatic N) is 2. The van der Waals surface area contributed by atoms with Crippen LogP contribution < -0.4 is 5.32 Å². The van der Waals surface area contributed by atoms with Crippen LogP contribution in [0.2, 0.25) is 0 Å². The third-order valence-electron chi connectivity index (χ3n) is 2.86.